The minimum Gasteiger partial charge on any atom is -0.508 e. The molecule has 1 amide bonds. The number of carbonyl (C=O) groups excluding carboxylic acids is 3. The molecule has 0 saturated heterocycles. The molecule has 188 valence electrons. The van der Waals surface area contributed by atoms with Gasteiger partial charge < -0.3 is 25.2 Å². The SMILES string of the molecule is COC(=O)C1=C(C)NC(C)=C(C(=O)OCCNC(=O)c2ccc(O)cc2)[C@H]1c1cccc([N+](=O)[O-])c1. The molecule has 0 aromatic heterocycles. The number of methoxy groups -OCH3 is 1. The van der Waals surface area contributed by atoms with E-state index in [4.69, 9.17) is 9.47 Å². The molecular weight excluding hydrogens is 470 g/mol. The average Bonchev–Trinajstić information content (AvgIpc) is 2.85. The zero-order valence-electron chi connectivity index (χ0n) is 19.9. The number of dihydropyridines is 1. The van der Waals surface area contributed by atoms with Gasteiger partial charge in [0.25, 0.3) is 11.6 Å². The number of benzene rings is 2. The highest BCUT2D eigenvalue weighted by Crippen LogP contribution is 2.40. The third-order valence-corrected chi connectivity index (χ3v) is 5.55. The molecule has 2 aromatic rings. The molecule has 0 unspecified atom stereocenters. The van der Waals surface area contributed by atoms with E-state index in [1.165, 1.54) is 49.6 Å². The van der Waals surface area contributed by atoms with E-state index in [2.05, 4.69) is 10.6 Å². The molecule has 0 fully saturated rings. The van der Waals surface area contributed by atoms with Crippen molar-refractivity contribution in [2.45, 2.75) is 19.8 Å². The number of phenolic OH excluding ortho intramolecular Hbond substituents is 1. The van der Waals surface area contributed by atoms with Gasteiger partial charge in [0.15, 0.2) is 0 Å². The Morgan fingerprint density at radius 2 is 1.69 bits per heavy atom. The first-order chi connectivity index (χ1) is 17.1. The number of hydrogen-bond acceptors (Lipinski definition) is 9. The quantitative estimate of drug-likeness (QED) is 0.217. The van der Waals surface area contributed by atoms with Gasteiger partial charge in [-0.3, -0.25) is 14.9 Å². The number of amides is 1. The third-order valence-electron chi connectivity index (χ3n) is 5.55. The number of rotatable bonds is 8. The molecule has 0 aliphatic carbocycles. The van der Waals surface area contributed by atoms with E-state index in [1.54, 1.807) is 19.9 Å². The van der Waals surface area contributed by atoms with E-state index >= 15 is 0 Å². The number of phenols is 1. The molecule has 1 aliphatic heterocycles. The van der Waals surface area contributed by atoms with Crippen LogP contribution in [-0.2, 0) is 19.1 Å². The lowest BCUT2D eigenvalue weighted by Gasteiger charge is -2.30. The van der Waals surface area contributed by atoms with Crippen molar-refractivity contribution in [2.24, 2.45) is 0 Å². The molecule has 11 nitrogen and oxygen atoms in total. The summed E-state index contributed by atoms with van der Waals surface area (Å²) in [6, 6.07) is 11.3. The largest absolute Gasteiger partial charge is 0.508 e. The van der Waals surface area contributed by atoms with Crippen molar-refractivity contribution in [3.05, 3.63) is 92.3 Å². The van der Waals surface area contributed by atoms with E-state index in [9.17, 15) is 29.6 Å². The molecule has 0 bridgehead atoms. The van der Waals surface area contributed by atoms with Crippen LogP contribution in [0.15, 0.2) is 71.1 Å². The molecule has 3 rings (SSSR count). The maximum atomic E-state index is 13.2. The summed E-state index contributed by atoms with van der Waals surface area (Å²) in [5, 5.41) is 26.3. The molecule has 1 heterocycles. The van der Waals surface area contributed by atoms with E-state index in [-0.39, 0.29) is 35.7 Å². The van der Waals surface area contributed by atoms with Crippen LogP contribution in [-0.4, -0.2) is 48.1 Å². The Hall–Kier alpha value is -4.67. The summed E-state index contributed by atoms with van der Waals surface area (Å²) in [5.41, 5.74) is 1.53. The lowest BCUT2D eigenvalue weighted by Crippen LogP contribution is -2.33. The molecule has 0 radical (unpaired) electrons. The zero-order valence-corrected chi connectivity index (χ0v) is 19.9. The summed E-state index contributed by atoms with van der Waals surface area (Å²) in [7, 11) is 1.20. The van der Waals surface area contributed by atoms with Gasteiger partial charge in [0.1, 0.15) is 12.4 Å². The molecule has 11 heteroatoms. The Labute approximate surface area is 206 Å². The van der Waals surface area contributed by atoms with Crippen LogP contribution in [0.5, 0.6) is 5.75 Å². The van der Waals surface area contributed by atoms with Gasteiger partial charge in [0, 0.05) is 29.1 Å². The third kappa shape index (κ3) is 5.69. The summed E-state index contributed by atoms with van der Waals surface area (Å²) in [4.78, 5) is 48.8. The molecule has 2 aromatic carbocycles. The number of nitrogens with zero attached hydrogens (tertiary/aromatic N) is 1. The van der Waals surface area contributed by atoms with E-state index < -0.39 is 28.7 Å². The minimum atomic E-state index is -0.974. The molecular formula is C25H25N3O8. The smallest absolute Gasteiger partial charge is 0.336 e. The number of allylic oxidation sites excluding steroid dienone is 2. The lowest BCUT2D eigenvalue weighted by molar-refractivity contribution is -0.384. The summed E-state index contributed by atoms with van der Waals surface area (Å²) < 4.78 is 10.3. The van der Waals surface area contributed by atoms with Crippen LogP contribution in [0.25, 0.3) is 0 Å². The van der Waals surface area contributed by atoms with Gasteiger partial charge in [-0.05, 0) is 43.7 Å². The normalized spacial score (nSPS) is 15.1. The Kier molecular flexibility index (Phi) is 8.05. The second-order valence-electron chi connectivity index (χ2n) is 7.92. The van der Waals surface area contributed by atoms with Crippen molar-refractivity contribution in [1.29, 1.82) is 0 Å². The first kappa shape index (κ1) is 25.9. The van der Waals surface area contributed by atoms with Gasteiger partial charge in [0.2, 0.25) is 0 Å². The van der Waals surface area contributed by atoms with Crippen molar-refractivity contribution in [3.63, 3.8) is 0 Å². The van der Waals surface area contributed by atoms with Crippen molar-refractivity contribution in [3.8, 4) is 5.75 Å². The monoisotopic (exact) mass is 495 g/mol. The zero-order chi connectivity index (χ0) is 26.4. The van der Waals surface area contributed by atoms with Crippen LogP contribution in [0, 0.1) is 10.1 Å². The fraction of sp³-hybridized carbons (Fsp3) is 0.240. The Morgan fingerprint density at radius 1 is 1.06 bits per heavy atom. The first-order valence-corrected chi connectivity index (χ1v) is 10.9. The number of nitro groups is 1. The number of nitro benzene ring substituents is 1. The number of aromatic hydroxyl groups is 1. The van der Waals surface area contributed by atoms with E-state index in [0.717, 1.165) is 0 Å². The number of esters is 2. The lowest BCUT2D eigenvalue weighted by atomic mass is 9.80. The van der Waals surface area contributed by atoms with Crippen LogP contribution in [0.1, 0.15) is 35.7 Å². The Balaban J connectivity index is 1.81. The molecule has 1 aliphatic rings. The Bertz CT molecular complexity index is 1260. The van der Waals surface area contributed by atoms with Crippen LogP contribution in [0.2, 0.25) is 0 Å². The number of hydrogen-bond donors (Lipinski definition) is 3. The van der Waals surface area contributed by atoms with E-state index in [0.29, 0.717) is 22.5 Å². The van der Waals surface area contributed by atoms with Gasteiger partial charge in [0.05, 0.1) is 35.6 Å². The predicted molar refractivity (Wildman–Crippen MR) is 128 cm³/mol. The summed E-state index contributed by atoms with van der Waals surface area (Å²) >= 11 is 0. The van der Waals surface area contributed by atoms with Gasteiger partial charge >= 0.3 is 11.9 Å². The highest BCUT2D eigenvalue weighted by atomic mass is 16.6. The fourth-order valence-electron chi connectivity index (χ4n) is 3.90. The number of non-ortho nitro benzene ring substituents is 1. The highest BCUT2D eigenvalue weighted by molar-refractivity contribution is 6.00. The second kappa shape index (κ2) is 11.2. The van der Waals surface area contributed by atoms with Crippen molar-refractivity contribution in [2.75, 3.05) is 20.3 Å². The number of carbonyl (C=O) groups is 3. The topological polar surface area (TPSA) is 157 Å². The van der Waals surface area contributed by atoms with Gasteiger partial charge in [-0.15, -0.1) is 0 Å². The first-order valence-electron chi connectivity index (χ1n) is 10.9. The molecule has 1 atom stereocenters. The maximum absolute atomic E-state index is 13.2. The summed E-state index contributed by atoms with van der Waals surface area (Å²) in [5.74, 6) is -2.82. The molecule has 3 N–H and O–H groups in total. The van der Waals surface area contributed by atoms with Crippen LogP contribution < -0.4 is 10.6 Å². The molecule has 0 saturated carbocycles. The molecule has 36 heavy (non-hydrogen) atoms. The van der Waals surface area contributed by atoms with Crippen molar-refractivity contribution < 1.29 is 33.9 Å². The van der Waals surface area contributed by atoms with Crippen LogP contribution in [0.3, 0.4) is 0 Å². The average molecular weight is 495 g/mol. The number of ether oxygens (including phenoxy) is 2. The highest BCUT2D eigenvalue weighted by Gasteiger charge is 2.38. The van der Waals surface area contributed by atoms with Crippen molar-refractivity contribution in [1.82, 2.24) is 10.6 Å². The maximum Gasteiger partial charge on any atom is 0.336 e. The summed E-state index contributed by atoms with van der Waals surface area (Å²) in [6.45, 7) is 3.11. The van der Waals surface area contributed by atoms with Gasteiger partial charge in [-0.2, -0.15) is 0 Å². The second-order valence-corrected chi connectivity index (χ2v) is 7.92. The minimum absolute atomic E-state index is 0.00536. The number of nitrogens with one attached hydrogen (secondary N) is 2. The molecule has 0 spiro atoms. The standard InChI is InChI=1S/C25H25N3O8/c1-14-20(24(31)35-3)22(17-5-4-6-18(13-17)28(33)34)21(15(2)27-14)25(32)36-12-11-26-23(30)16-7-9-19(29)10-8-16/h4-10,13,22,27,29H,11-12H2,1-3H3,(H,26,30)/t22-/m0/s1. The van der Waals surface area contributed by atoms with Gasteiger partial charge in [-0.1, -0.05) is 12.1 Å². The van der Waals surface area contributed by atoms with Crippen LogP contribution in [0.4, 0.5) is 5.69 Å². The van der Waals surface area contributed by atoms with Crippen LogP contribution >= 0.6 is 0 Å². The fourth-order valence-corrected chi connectivity index (χ4v) is 3.90. The van der Waals surface area contributed by atoms with Crippen molar-refractivity contribution >= 4 is 23.5 Å². The van der Waals surface area contributed by atoms with Gasteiger partial charge in [-0.25, -0.2) is 9.59 Å². The Morgan fingerprint density at radius 3 is 2.31 bits per heavy atom. The predicted octanol–water partition coefficient (Wildman–Crippen LogP) is 2.68. The summed E-state index contributed by atoms with van der Waals surface area (Å²) in [6.07, 6.45) is 0. The van der Waals surface area contributed by atoms with E-state index in [1.807, 2.05) is 0 Å².